The first-order valence-corrected chi connectivity index (χ1v) is 3.59. The molecule has 0 heterocycles. The Bertz CT molecular complexity index is 207. The summed E-state index contributed by atoms with van der Waals surface area (Å²) in [6.07, 6.45) is -0.516. The van der Waals surface area contributed by atoms with Crippen molar-refractivity contribution in [3.05, 3.63) is 24.6 Å². The Hall–Kier alpha value is -0.360. The van der Waals surface area contributed by atoms with Crippen LogP contribution in [0.1, 0.15) is 0 Å². The van der Waals surface area contributed by atoms with Crippen LogP contribution in [0.3, 0.4) is 0 Å². The van der Waals surface area contributed by atoms with Crippen LogP contribution in [0.4, 0.5) is 26.3 Å². The van der Waals surface area contributed by atoms with E-state index >= 15 is 0 Å². The van der Waals surface area contributed by atoms with E-state index in [4.69, 9.17) is 0 Å². The van der Waals surface area contributed by atoms with Crippen molar-refractivity contribution in [2.45, 2.75) is 11.0 Å². The number of allylic oxidation sites excluding steroid dienone is 2. The number of rotatable bonds is 2. The first-order valence-electron chi connectivity index (χ1n) is 2.78. The van der Waals surface area contributed by atoms with Crippen molar-refractivity contribution < 1.29 is 26.3 Å². The molecule has 0 nitrogen and oxygen atoms in total. The fourth-order valence-electron chi connectivity index (χ4n) is 0.0476. The van der Waals surface area contributed by atoms with E-state index in [-0.39, 0.29) is 0 Å². The van der Waals surface area contributed by atoms with Crippen LogP contribution < -0.4 is 0 Å². The molecule has 0 aliphatic carbocycles. The van der Waals surface area contributed by atoms with Gasteiger partial charge in [0.2, 0.25) is 5.63 Å². The van der Waals surface area contributed by atoms with Gasteiger partial charge in [-0.1, -0.05) is 18.2 Å². The standard InChI is InChI=1S/2C3H2ClF3/c1-2(5)3(4,6)7;4-3(7)2(6)1-5/h1H2;1,3H/b;2-1-. The summed E-state index contributed by atoms with van der Waals surface area (Å²) in [5.74, 6) is -3.42. The molecule has 0 aromatic carbocycles. The Morgan fingerprint density at radius 2 is 1.64 bits per heavy atom. The largest absolute Gasteiger partial charge is 0.373 e. The van der Waals surface area contributed by atoms with Gasteiger partial charge in [-0.15, -0.1) is 0 Å². The van der Waals surface area contributed by atoms with E-state index in [0.717, 1.165) is 0 Å². The van der Waals surface area contributed by atoms with Gasteiger partial charge in [-0.05, 0) is 11.6 Å². The summed E-state index contributed by atoms with van der Waals surface area (Å²) >= 11 is 8.44. The van der Waals surface area contributed by atoms with Crippen LogP contribution in [0.25, 0.3) is 0 Å². The molecular weight excluding hydrogens is 257 g/mol. The maximum Gasteiger partial charge on any atom is 0.373 e. The summed E-state index contributed by atoms with van der Waals surface area (Å²) in [4.78, 5) is 0. The van der Waals surface area contributed by atoms with Crippen molar-refractivity contribution in [3.8, 4) is 0 Å². The molecule has 0 saturated carbocycles. The molecule has 1 atom stereocenters. The molecule has 14 heavy (non-hydrogen) atoms. The SMILES string of the molecule is C=C(F)C(F)(F)Cl.F/C=C(\F)C(F)Cl. The van der Waals surface area contributed by atoms with Gasteiger partial charge in [-0.2, -0.15) is 8.78 Å². The van der Waals surface area contributed by atoms with Gasteiger partial charge in [0, 0.05) is 0 Å². The van der Waals surface area contributed by atoms with Gasteiger partial charge in [0.1, 0.15) is 6.33 Å². The Labute approximate surface area is 85.8 Å². The summed E-state index contributed by atoms with van der Waals surface area (Å²) < 4.78 is 66.6. The Kier molecular flexibility index (Phi) is 8.04. The fraction of sp³-hybridized carbons (Fsp3) is 0.333. The smallest absolute Gasteiger partial charge is 0.222 e. The number of alkyl halides is 5. The molecule has 0 N–H and O–H groups in total. The van der Waals surface area contributed by atoms with E-state index in [2.05, 4.69) is 29.8 Å². The molecule has 1 unspecified atom stereocenters. The molecule has 0 fully saturated rings. The van der Waals surface area contributed by atoms with E-state index in [9.17, 15) is 26.3 Å². The van der Waals surface area contributed by atoms with Crippen LogP contribution in [0.15, 0.2) is 24.6 Å². The van der Waals surface area contributed by atoms with Gasteiger partial charge >= 0.3 is 5.38 Å². The maximum atomic E-state index is 11.2. The summed E-state index contributed by atoms with van der Waals surface area (Å²) in [7, 11) is 0. The van der Waals surface area contributed by atoms with Crippen molar-refractivity contribution in [3.63, 3.8) is 0 Å². The quantitative estimate of drug-likeness (QED) is 0.503. The zero-order valence-corrected chi connectivity index (χ0v) is 7.90. The third-order valence-corrected chi connectivity index (χ3v) is 1.03. The third kappa shape index (κ3) is 9.73. The second kappa shape index (κ2) is 7.00. The molecule has 0 amide bonds. The lowest BCUT2D eigenvalue weighted by atomic mass is 10.6. The van der Waals surface area contributed by atoms with Crippen LogP contribution >= 0.6 is 23.2 Å². The van der Waals surface area contributed by atoms with Crippen LogP contribution in [0, 0.1) is 0 Å². The van der Waals surface area contributed by atoms with E-state index in [1.54, 1.807) is 0 Å². The van der Waals surface area contributed by atoms with Crippen LogP contribution in [-0.4, -0.2) is 11.0 Å². The molecule has 0 aliphatic rings. The molecule has 0 rings (SSSR count). The lowest BCUT2D eigenvalue weighted by Crippen LogP contribution is -2.03. The van der Waals surface area contributed by atoms with Gasteiger partial charge in [0.15, 0.2) is 11.7 Å². The highest BCUT2D eigenvalue weighted by atomic mass is 35.5. The van der Waals surface area contributed by atoms with E-state index in [1.165, 1.54) is 0 Å². The number of halogens is 8. The van der Waals surface area contributed by atoms with Crippen molar-refractivity contribution in [2.24, 2.45) is 0 Å². The summed E-state index contributed by atoms with van der Waals surface area (Å²) in [5.41, 5.74) is -2.34. The highest BCUT2D eigenvalue weighted by Crippen LogP contribution is 2.27. The second-order valence-corrected chi connectivity index (χ2v) is 2.56. The number of hydrogen-bond acceptors (Lipinski definition) is 0. The molecule has 0 aromatic rings. The first-order chi connectivity index (χ1) is 6.12. The lowest BCUT2D eigenvalue weighted by molar-refractivity contribution is 0.111. The van der Waals surface area contributed by atoms with Crippen LogP contribution in [0.5, 0.6) is 0 Å². The molecule has 8 heteroatoms. The monoisotopic (exact) mass is 260 g/mol. The van der Waals surface area contributed by atoms with Crippen molar-refractivity contribution >= 4 is 23.2 Å². The minimum absolute atomic E-state index is 0.516. The van der Waals surface area contributed by atoms with Gasteiger partial charge in [0.05, 0.1) is 0 Å². The maximum absolute atomic E-state index is 11.2. The topological polar surface area (TPSA) is 0 Å². The Morgan fingerprint density at radius 3 is 1.64 bits per heavy atom. The van der Waals surface area contributed by atoms with Gasteiger partial charge in [-0.25, -0.2) is 17.6 Å². The van der Waals surface area contributed by atoms with Crippen LogP contribution in [0.2, 0.25) is 0 Å². The van der Waals surface area contributed by atoms with E-state index in [0.29, 0.717) is 0 Å². The molecule has 0 radical (unpaired) electrons. The first kappa shape index (κ1) is 16.1. The zero-order chi connectivity index (χ0) is 11.9. The van der Waals surface area contributed by atoms with Crippen LogP contribution in [-0.2, 0) is 0 Å². The minimum atomic E-state index is -3.89. The normalized spacial score (nSPS) is 14.1. The van der Waals surface area contributed by atoms with Gasteiger partial charge < -0.3 is 0 Å². The van der Waals surface area contributed by atoms with Gasteiger partial charge in [0.25, 0.3) is 0 Å². The average Bonchev–Trinajstić information content (AvgIpc) is 2.02. The molecular formula is C6H4Cl2F6. The molecule has 0 spiro atoms. The van der Waals surface area contributed by atoms with E-state index < -0.39 is 29.0 Å². The predicted octanol–water partition coefficient (Wildman–Crippen LogP) is 4.60. The summed E-state index contributed by atoms with van der Waals surface area (Å²) in [6.45, 7) is 2.28. The average molecular weight is 261 g/mol. The molecule has 0 bridgehead atoms. The third-order valence-electron chi connectivity index (χ3n) is 0.620. The predicted molar refractivity (Wildman–Crippen MR) is 42.1 cm³/mol. The molecule has 84 valence electrons. The summed E-state index contributed by atoms with van der Waals surface area (Å²) in [5, 5.41) is -3.89. The fourth-order valence-corrected chi connectivity index (χ4v) is 0.0952. The molecule has 0 saturated heterocycles. The minimum Gasteiger partial charge on any atom is -0.222 e. The van der Waals surface area contributed by atoms with E-state index in [1.807, 2.05) is 0 Å². The lowest BCUT2D eigenvalue weighted by Gasteiger charge is -1.99. The van der Waals surface area contributed by atoms with Crippen molar-refractivity contribution in [2.75, 3.05) is 0 Å². The molecule has 0 aromatic heterocycles. The van der Waals surface area contributed by atoms with Crippen molar-refractivity contribution in [1.29, 1.82) is 0 Å². The van der Waals surface area contributed by atoms with Crippen molar-refractivity contribution in [1.82, 2.24) is 0 Å². The zero-order valence-electron chi connectivity index (χ0n) is 6.39. The highest BCUT2D eigenvalue weighted by Gasteiger charge is 2.29. The van der Waals surface area contributed by atoms with Gasteiger partial charge in [-0.3, -0.25) is 0 Å². The Balaban J connectivity index is 0. The summed E-state index contributed by atoms with van der Waals surface area (Å²) in [6, 6.07) is 0. The highest BCUT2D eigenvalue weighted by molar-refractivity contribution is 6.23. The Morgan fingerprint density at radius 1 is 1.36 bits per heavy atom. The molecule has 0 aliphatic heterocycles. The number of hydrogen-bond donors (Lipinski definition) is 0. The second-order valence-electron chi connectivity index (χ2n) is 1.70.